The summed E-state index contributed by atoms with van der Waals surface area (Å²) in [7, 11) is 0. The van der Waals surface area contributed by atoms with Crippen LogP contribution >= 0.6 is 0 Å². The molecule has 1 aromatic heterocycles. The zero-order chi connectivity index (χ0) is 13.8. The van der Waals surface area contributed by atoms with E-state index in [-0.39, 0.29) is 12.2 Å². The van der Waals surface area contributed by atoms with E-state index in [2.05, 4.69) is 20.2 Å². The first-order chi connectivity index (χ1) is 9.81. The molecule has 3 rings (SSSR count). The summed E-state index contributed by atoms with van der Waals surface area (Å²) in [4.78, 5) is 10.9. The molecule has 0 bridgehead atoms. The average molecular weight is 278 g/mol. The molecule has 3 heterocycles. The number of aliphatic hydroxyl groups is 1. The van der Waals surface area contributed by atoms with Crippen LogP contribution in [0.25, 0.3) is 0 Å². The van der Waals surface area contributed by atoms with Crippen molar-refractivity contribution >= 4 is 5.95 Å². The molecule has 6 heteroatoms. The Hall–Kier alpha value is -1.40. The van der Waals surface area contributed by atoms with Gasteiger partial charge in [-0.25, -0.2) is 9.97 Å². The Balaban J connectivity index is 1.56. The van der Waals surface area contributed by atoms with Gasteiger partial charge < -0.3 is 20.1 Å². The topological polar surface area (TPSA) is 70.5 Å². The first-order valence-electron chi connectivity index (χ1n) is 7.44. The molecular formula is C14H22N4O2. The van der Waals surface area contributed by atoms with Crippen LogP contribution in [0.15, 0.2) is 12.4 Å². The number of aliphatic hydroxyl groups excluding tert-OH is 1. The van der Waals surface area contributed by atoms with Crippen molar-refractivity contribution in [1.29, 1.82) is 0 Å². The van der Waals surface area contributed by atoms with Gasteiger partial charge in [-0.3, -0.25) is 0 Å². The van der Waals surface area contributed by atoms with Crippen LogP contribution in [0.3, 0.4) is 0 Å². The zero-order valence-corrected chi connectivity index (χ0v) is 11.7. The fourth-order valence-corrected chi connectivity index (χ4v) is 2.71. The molecule has 0 aliphatic carbocycles. The number of hydrogen-bond acceptors (Lipinski definition) is 6. The summed E-state index contributed by atoms with van der Waals surface area (Å²) in [5.74, 6) is 1.48. The van der Waals surface area contributed by atoms with Crippen LogP contribution in [0.1, 0.15) is 25.7 Å². The van der Waals surface area contributed by atoms with Gasteiger partial charge in [0.05, 0.1) is 18.5 Å². The largest absolute Gasteiger partial charge is 0.487 e. The quantitative estimate of drug-likeness (QED) is 0.842. The van der Waals surface area contributed by atoms with Gasteiger partial charge in [-0.2, -0.15) is 0 Å². The second kappa shape index (κ2) is 6.37. The molecular weight excluding hydrogens is 256 g/mol. The summed E-state index contributed by atoms with van der Waals surface area (Å²) in [6.07, 6.45) is 7.26. The Morgan fingerprint density at radius 3 is 2.40 bits per heavy atom. The molecule has 2 saturated heterocycles. The lowest BCUT2D eigenvalue weighted by atomic mass is 10.1. The summed E-state index contributed by atoms with van der Waals surface area (Å²) >= 11 is 0. The number of piperidine rings is 2. The van der Waals surface area contributed by atoms with Gasteiger partial charge in [0.2, 0.25) is 5.95 Å². The molecule has 0 unspecified atom stereocenters. The van der Waals surface area contributed by atoms with Gasteiger partial charge in [0.15, 0.2) is 5.75 Å². The second-order valence-electron chi connectivity index (χ2n) is 5.50. The molecule has 0 spiro atoms. The molecule has 2 fully saturated rings. The van der Waals surface area contributed by atoms with Gasteiger partial charge in [0, 0.05) is 13.1 Å². The van der Waals surface area contributed by atoms with Crippen molar-refractivity contribution in [3.63, 3.8) is 0 Å². The second-order valence-corrected chi connectivity index (χ2v) is 5.50. The monoisotopic (exact) mass is 278 g/mol. The van der Waals surface area contributed by atoms with E-state index in [0.29, 0.717) is 0 Å². The Kier molecular flexibility index (Phi) is 4.32. The van der Waals surface area contributed by atoms with Crippen molar-refractivity contribution in [3.8, 4) is 5.75 Å². The molecule has 2 N–H and O–H groups in total. The predicted molar refractivity (Wildman–Crippen MR) is 76.0 cm³/mol. The molecule has 0 saturated carbocycles. The van der Waals surface area contributed by atoms with E-state index in [1.54, 1.807) is 12.4 Å². The Labute approximate surface area is 119 Å². The molecule has 0 radical (unpaired) electrons. The molecule has 6 nitrogen and oxygen atoms in total. The highest BCUT2D eigenvalue weighted by molar-refractivity contribution is 5.32. The van der Waals surface area contributed by atoms with E-state index in [1.807, 2.05) is 0 Å². The molecule has 110 valence electrons. The van der Waals surface area contributed by atoms with Crippen LogP contribution in [0.5, 0.6) is 5.75 Å². The van der Waals surface area contributed by atoms with Gasteiger partial charge in [0.1, 0.15) is 6.10 Å². The van der Waals surface area contributed by atoms with Crippen molar-refractivity contribution in [2.45, 2.75) is 37.9 Å². The first kappa shape index (κ1) is 13.6. The highest BCUT2D eigenvalue weighted by atomic mass is 16.5. The minimum Gasteiger partial charge on any atom is -0.487 e. The van der Waals surface area contributed by atoms with Crippen molar-refractivity contribution in [1.82, 2.24) is 15.3 Å². The maximum atomic E-state index is 9.51. The van der Waals surface area contributed by atoms with Crippen LogP contribution < -0.4 is 15.0 Å². The van der Waals surface area contributed by atoms with E-state index < -0.39 is 0 Å². The Morgan fingerprint density at radius 1 is 1.10 bits per heavy atom. The third kappa shape index (κ3) is 3.37. The average Bonchev–Trinajstić information content (AvgIpc) is 2.50. The van der Waals surface area contributed by atoms with Gasteiger partial charge in [-0.15, -0.1) is 0 Å². The molecule has 2 aliphatic heterocycles. The fourth-order valence-electron chi connectivity index (χ4n) is 2.71. The summed E-state index contributed by atoms with van der Waals surface area (Å²) in [6, 6.07) is 0. The molecule has 0 amide bonds. The van der Waals surface area contributed by atoms with Gasteiger partial charge >= 0.3 is 0 Å². The van der Waals surface area contributed by atoms with E-state index in [0.717, 1.165) is 63.6 Å². The minimum absolute atomic E-state index is 0.172. The highest BCUT2D eigenvalue weighted by Crippen LogP contribution is 2.19. The van der Waals surface area contributed by atoms with Crippen molar-refractivity contribution in [2.24, 2.45) is 0 Å². The van der Waals surface area contributed by atoms with Crippen LogP contribution in [-0.2, 0) is 0 Å². The lowest BCUT2D eigenvalue weighted by Gasteiger charge is -2.29. The van der Waals surface area contributed by atoms with Gasteiger partial charge in [-0.1, -0.05) is 0 Å². The Morgan fingerprint density at radius 2 is 1.75 bits per heavy atom. The molecule has 2 aliphatic rings. The molecule has 1 aromatic rings. The number of ether oxygens (including phenoxy) is 1. The summed E-state index contributed by atoms with van der Waals surface area (Å²) in [5.41, 5.74) is 0. The number of rotatable bonds is 3. The number of nitrogens with one attached hydrogen (secondary N) is 1. The van der Waals surface area contributed by atoms with Crippen LogP contribution in [0, 0.1) is 0 Å². The van der Waals surface area contributed by atoms with Crippen molar-refractivity contribution in [3.05, 3.63) is 12.4 Å². The molecule has 0 aromatic carbocycles. The molecule has 20 heavy (non-hydrogen) atoms. The Bertz CT molecular complexity index is 412. The number of hydrogen-bond donors (Lipinski definition) is 2. The zero-order valence-electron chi connectivity index (χ0n) is 11.7. The number of nitrogens with zero attached hydrogens (tertiary/aromatic N) is 3. The standard InChI is InChI=1S/C14H22N4O2/c19-11-3-7-18(8-4-11)14-16-9-13(10-17-14)20-12-1-5-15-6-2-12/h9-12,15,19H,1-8H2. The first-order valence-corrected chi connectivity index (χ1v) is 7.44. The third-order valence-electron chi connectivity index (χ3n) is 3.95. The smallest absolute Gasteiger partial charge is 0.225 e. The van der Waals surface area contributed by atoms with Gasteiger partial charge in [0.25, 0.3) is 0 Å². The predicted octanol–water partition coefficient (Wildman–Crippen LogP) is 0.568. The normalized spacial score (nSPS) is 21.9. The highest BCUT2D eigenvalue weighted by Gasteiger charge is 2.19. The minimum atomic E-state index is -0.172. The lowest BCUT2D eigenvalue weighted by molar-refractivity contribution is 0.145. The van der Waals surface area contributed by atoms with Crippen LogP contribution in [0.2, 0.25) is 0 Å². The maximum Gasteiger partial charge on any atom is 0.225 e. The SMILES string of the molecule is OC1CCN(c2ncc(OC3CCNCC3)cn2)CC1. The third-order valence-corrected chi connectivity index (χ3v) is 3.95. The molecule has 0 atom stereocenters. The van der Waals surface area contributed by atoms with Crippen LogP contribution in [0.4, 0.5) is 5.95 Å². The van der Waals surface area contributed by atoms with Crippen molar-refractivity contribution in [2.75, 3.05) is 31.1 Å². The van der Waals surface area contributed by atoms with E-state index >= 15 is 0 Å². The summed E-state index contributed by atoms with van der Waals surface area (Å²) in [6.45, 7) is 3.66. The summed E-state index contributed by atoms with van der Waals surface area (Å²) in [5, 5.41) is 12.8. The van der Waals surface area contributed by atoms with E-state index in [4.69, 9.17) is 4.74 Å². The van der Waals surface area contributed by atoms with E-state index in [1.165, 1.54) is 0 Å². The van der Waals surface area contributed by atoms with Crippen LogP contribution in [-0.4, -0.2) is 53.5 Å². The lowest BCUT2D eigenvalue weighted by Crippen LogP contribution is -2.37. The summed E-state index contributed by atoms with van der Waals surface area (Å²) < 4.78 is 5.89. The van der Waals surface area contributed by atoms with E-state index in [9.17, 15) is 5.11 Å². The maximum absolute atomic E-state index is 9.51. The fraction of sp³-hybridized carbons (Fsp3) is 0.714. The number of anilines is 1. The number of aromatic nitrogens is 2. The van der Waals surface area contributed by atoms with Gasteiger partial charge in [-0.05, 0) is 38.8 Å². The van der Waals surface area contributed by atoms with Crippen molar-refractivity contribution < 1.29 is 9.84 Å².